The van der Waals surface area contributed by atoms with Crippen molar-refractivity contribution in [3.63, 3.8) is 0 Å². The Labute approximate surface area is 141 Å². The number of nitrogens with two attached hydrogens (primary N) is 1. The lowest BCUT2D eigenvalue weighted by molar-refractivity contribution is -0.125. The molecule has 0 spiro atoms. The largest absolute Gasteiger partial charge is 0.401 e. The Morgan fingerprint density at radius 2 is 2.20 bits per heavy atom. The molecule has 0 saturated carbocycles. The number of fused-ring (bicyclic) bond motifs is 3. The first-order valence-corrected chi connectivity index (χ1v) is 7.98. The van der Waals surface area contributed by atoms with E-state index in [0.29, 0.717) is 31.0 Å². The number of nitrogen functional groups attached to an aromatic ring is 1. The number of aromatic nitrogens is 3. The predicted molar refractivity (Wildman–Crippen MR) is 90.5 cm³/mol. The zero-order valence-corrected chi connectivity index (χ0v) is 13.3. The average Bonchev–Trinajstić information content (AvgIpc) is 3.16. The molecule has 6 nitrogen and oxygen atoms in total. The topological polar surface area (TPSA) is 82.9 Å². The van der Waals surface area contributed by atoms with E-state index in [0.717, 1.165) is 22.0 Å². The third-order valence-electron chi connectivity index (χ3n) is 4.50. The molecule has 0 radical (unpaired) electrons. The van der Waals surface area contributed by atoms with Gasteiger partial charge in [-0.25, -0.2) is 9.97 Å². The van der Waals surface area contributed by atoms with Crippen LogP contribution in [0.1, 0.15) is 6.42 Å². The van der Waals surface area contributed by atoms with Gasteiger partial charge in [0.15, 0.2) is 0 Å². The number of anilines is 2. The summed E-state index contributed by atoms with van der Waals surface area (Å²) in [4.78, 5) is 13.7. The summed E-state index contributed by atoms with van der Waals surface area (Å²) >= 11 is 0. The summed E-state index contributed by atoms with van der Waals surface area (Å²) in [6.07, 6.45) is -0.182. The second-order valence-electron chi connectivity index (χ2n) is 6.26. The van der Waals surface area contributed by atoms with Crippen LogP contribution < -0.4 is 16.0 Å². The predicted octanol–water partition coefficient (Wildman–Crippen LogP) is 2.42. The Morgan fingerprint density at radius 1 is 1.36 bits per heavy atom. The minimum Gasteiger partial charge on any atom is -0.384 e. The van der Waals surface area contributed by atoms with Crippen LogP contribution in [0.15, 0.2) is 24.5 Å². The Bertz CT molecular complexity index is 919. The number of H-pyrrole nitrogens is 1. The SMILES string of the molecule is Nc1cc2c(cn1)[nH]c1nccc(N3CC[C@H](NCC(F)(F)F)C3)c12. The van der Waals surface area contributed by atoms with Gasteiger partial charge in [-0.1, -0.05) is 0 Å². The van der Waals surface area contributed by atoms with E-state index in [4.69, 9.17) is 5.73 Å². The van der Waals surface area contributed by atoms with E-state index in [9.17, 15) is 13.2 Å². The van der Waals surface area contributed by atoms with Gasteiger partial charge in [-0.15, -0.1) is 0 Å². The molecule has 1 aliphatic rings. The van der Waals surface area contributed by atoms with Crippen LogP contribution in [-0.2, 0) is 0 Å². The van der Waals surface area contributed by atoms with Crippen molar-refractivity contribution in [3.05, 3.63) is 24.5 Å². The highest BCUT2D eigenvalue weighted by Crippen LogP contribution is 2.34. The number of pyridine rings is 2. The summed E-state index contributed by atoms with van der Waals surface area (Å²) in [5, 5.41) is 4.42. The van der Waals surface area contributed by atoms with Crippen LogP contribution in [0.5, 0.6) is 0 Å². The lowest BCUT2D eigenvalue weighted by Crippen LogP contribution is -2.38. The van der Waals surface area contributed by atoms with Gasteiger partial charge >= 0.3 is 6.18 Å². The molecule has 4 heterocycles. The highest BCUT2D eigenvalue weighted by atomic mass is 19.4. The molecule has 0 amide bonds. The van der Waals surface area contributed by atoms with Gasteiger partial charge in [-0.2, -0.15) is 13.2 Å². The maximum atomic E-state index is 12.4. The molecule has 0 aromatic carbocycles. The number of rotatable bonds is 3. The monoisotopic (exact) mass is 350 g/mol. The van der Waals surface area contributed by atoms with Crippen molar-refractivity contribution in [1.82, 2.24) is 20.3 Å². The number of nitrogens with one attached hydrogen (secondary N) is 2. The van der Waals surface area contributed by atoms with Gasteiger partial charge in [0.25, 0.3) is 0 Å². The molecule has 25 heavy (non-hydrogen) atoms. The first kappa shape index (κ1) is 15.9. The summed E-state index contributed by atoms with van der Waals surface area (Å²) in [5.41, 5.74) is 8.29. The number of aromatic amines is 1. The average molecular weight is 350 g/mol. The van der Waals surface area contributed by atoms with Crippen LogP contribution in [0.4, 0.5) is 24.7 Å². The van der Waals surface area contributed by atoms with Crippen molar-refractivity contribution >= 4 is 33.4 Å². The van der Waals surface area contributed by atoms with Gasteiger partial charge in [-0.3, -0.25) is 0 Å². The summed E-state index contributed by atoms with van der Waals surface area (Å²) in [6.45, 7) is 0.233. The number of hydrogen-bond donors (Lipinski definition) is 3. The Morgan fingerprint density at radius 3 is 3.00 bits per heavy atom. The Kier molecular flexibility index (Phi) is 3.68. The first-order valence-electron chi connectivity index (χ1n) is 7.98. The van der Waals surface area contributed by atoms with Crippen LogP contribution >= 0.6 is 0 Å². The normalized spacial score (nSPS) is 18.5. The molecule has 9 heteroatoms. The maximum absolute atomic E-state index is 12.4. The molecule has 1 aliphatic heterocycles. The van der Waals surface area contributed by atoms with Gasteiger partial charge in [0.2, 0.25) is 0 Å². The molecular weight excluding hydrogens is 333 g/mol. The minimum absolute atomic E-state index is 0.193. The lowest BCUT2D eigenvalue weighted by Gasteiger charge is -2.20. The van der Waals surface area contributed by atoms with Crippen molar-refractivity contribution in [1.29, 1.82) is 0 Å². The summed E-state index contributed by atoms with van der Waals surface area (Å²) in [6, 6.07) is 3.48. The van der Waals surface area contributed by atoms with Crippen LogP contribution in [0.2, 0.25) is 0 Å². The number of nitrogens with zero attached hydrogens (tertiary/aromatic N) is 3. The van der Waals surface area contributed by atoms with E-state index < -0.39 is 12.7 Å². The molecule has 1 atom stereocenters. The summed E-state index contributed by atoms with van der Waals surface area (Å²) in [5.74, 6) is 0.411. The quantitative estimate of drug-likeness (QED) is 0.676. The number of halogens is 3. The Hall–Kier alpha value is -2.55. The third-order valence-corrected chi connectivity index (χ3v) is 4.50. The molecule has 0 bridgehead atoms. The molecule has 0 aliphatic carbocycles. The highest BCUT2D eigenvalue weighted by Gasteiger charge is 2.31. The van der Waals surface area contributed by atoms with Crippen molar-refractivity contribution in [2.75, 3.05) is 30.3 Å². The van der Waals surface area contributed by atoms with Gasteiger partial charge in [0, 0.05) is 36.4 Å². The van der Waals surface area contributed by atoms with E-state index in [1.807, 2.05) is 6.07 Å². The molecular formula is C16H17F3N6. The molecule has 4 N–H and O–H groups in total. The minimum atomic E-state index is -4.20. The maximum Gasteiger partial charge on any atom is 0.401 e. The Balaban J connectivity index is 1.66. The fourth-order valence-corrected chi connectivity index (χ4v) is 3.39. The van der Waals surface area contributed by atoms with Crippen LogP contribution in [0, 0.1) is 0 Å². The second kappa shape index (κ2) is 5.76. The van der Waals surface area contributed by atoms with Crippen molar-refractivity contribution in [2.24, 2.45) is 0 Å². The molecule has 1 saturated heterocycles. The number of alkyl halides is 3. The van der Waals surface area contributed by atoms with Gasteiger partial charge in [0.05, 0.1) is 23.6 Å². The molecule has 3 aromatic rings. The van der Waals surface area contributed by atoms with Crippen LogP contribution in [0.3, 0.4) is 0 Å². The zero-order valence-electron chi connectivity index (χ0n) is 13.3. The third kappa shape index (κ3) is 3.07. The van der Waals surface area contributed by atoms with Crippen molar-refractivity contribution in [2.45, 2.75) is 18.6 Å². The molecule has 4 rings (SSSR count). The summed E-state index contributed by atoms with van der Waals surface area (Å²) in [7, 11) is 0. The highest BCUT2D eigenvalue weighted by molar-refractivity contribution is 6.12. The number of hydrogen-bond acceptors (Lipinski definition) is 5. The fourth-order valence-electron chi connectivity index (χ4n) is 3.39. The van der Waals surface area contributed by atoms with Crippen molar-refractivity contribution in [3.8, 4) is 0 Å². The van der Waals surface area contributed by atoms with Gasteiger partial charge in [-0.05, 0) is 18.6 Å². The first-order chi connectivity index (χ1) is 11.9. The lowest BCUT2D eigenvalue weighted by atomic mass is 10.2. The van der Waals surface area contributed by atoms with E-state index >= 15 is 0 Å². The standard InChI is InChI=1S/C16H17F3N6/c17-16(18,19)8-23-9-2-4-25(7-9)12-1-3-21-15-14(12)10-5-13(20)22-6-11(10)24-15/h1,3,5-6,9,23H,2,4,7-8H2,(H2,20,22)(H,21,24)/t9-/m0/s1. The molecule has 1 fully saturated rings. The summed E-state index contributed by atoms with van der Waals surface area (Å²) < 4.78 is 37.2. The van der Waals surface area contributed by atoms with E-state index in [-0.39, 0.29) is 6.04 Å². The van der Waals surface area contributed by atoms with Gasteiger partial charge in [0.1, 0.15) is 11.5 Å². The smallest absolute Gasteiger partial charge is 0.384 e. The van der Waals surface area contributed by atoms with Gasteiger partial charge < -0.3 is 20.9 Å². The zero-order chi connectivity index (χ0) is 17.6. The van der Waals surface area contributed by atoms with Crippen LogP contribution in [-0.4, -0.2) is 46.8 Å². The van der Waals surface area contributed by atoms with E-state index in [2.05, 4.69) is 25.2 Å². The molecule has 132 valence electrons. The second-order valence-corrected chi connectivity index (χ2v) is 6.26. The molecule has 0 unspecified atom stereocenters. The fraction of sp³-hybridized carbons (Fsp3) is 0.375. The van der Waals surface area contributed by atoms with Crippen molar-refractivity contribution < 1.29 is 13.2 Å². The van der Waals surface area contributed by atoms with E-state index in [1.165, 1.54) is 0 Å². The van der Waals surface area contributed by atoms with Crippen LogP contribution in [0.25, 0.3) is 21.9 Å². The van der Waals surface area contributed by atoms with E-state index in [1.54, 1.807) is 18.5 Å². The molecule has 3 aromatic heterocycles.